The van der Waals surface area contributed by atoms with Gasteiger partial charge in [0.2, 0.25) is 5.91 Å². The number of hydrogen-bond acceptors (Lipinski definition) is 1. The minimum absolute atomic E-state index is 0. The van der Waals surface area contributed by atoms with Crippen LogP contribution in [-0.2, 0) is 4.79 Å². The Morgan fingerprint density at radius 2 is 0.879 bits per heavy atom. The average Bonchev–Trinajstić information content (AvgIpc) is 2.75. The van der Waals surface area contributed by atoms with Crippen molar-refractivity contribution in [1.29, 1.82) is 0 Å². The molecule has 0 saturated heterocycles. The first-order chi connectivity index (χ1) is 15.4. The molecule has 4 heteroatoms. The van der Waals surface area contributed by atoms with Gasteiger partial charge in [-0.3, -0.25) is 4.79 Å². The largest absolute Gasteiger partial charge is 1.00 e. The molecule has 0 aliphatic carbocycles. The lowest BCUT2D eigenvalue weighted by molar-refractivity contribution is -0.898. The number of carbonyl (C=O) groups excluding carboxylic acids is 1. The van der Waals surface area contributed by atoms with Crippen LogP contribution in [0, 0.1) is 0 Å². The molecule has 0 aliphatic rings. The van der Waals surface area contributed by atoms with Crippen molar-refractivity contribution in [2.24, 2.45) is 0 Å². The Hall–Kier alpha value is 0.160. The Morgan fingerprint density at radius 1 is 0.576 bits per heavy atom. The van der Waals surface area contributed by atoms with Gasteiger partial charge in [-0.15, -0.1) is 0 Å². The predicted molar refractivity (Wildman–Crippen MR) is 143 cm³/mol. The van der Waals surface area contributed by atoms with Crippen LogP contribution in [0.4, 0.5) is 0 Å². The highest BCUT2D eigenvalue weighted by Crippen LogP contribution is 2.15. The van der Waals surface area contributed by atoms with E-state index in [4.69, 9.17) is 0 Å². The first kappa shape index (κ1) is 35.3. The van der Waals surface area contributed by atoms with Crippen LogP contribution < -0.4 is 29.3 Å². The number of hydrogen-bond donors (Lipinski definition) is 1. The quantitative estimate of drug-likeness (QED) is 0.0669. The summed E-state index contributed by atoms with van der Waals surface area (Å²) in [6.45, 7) is 4.44. The van der Waals surface area contributed by atoms with Crippen molar-refractivity contribution in [2.45, 2.75) is 161 Å². The molecule has 0 aromatic rings. The molecular formula is C29H61IN2O. The maximum Gasteiger partial charge on any atom is 0.224 e. The number of rotatable bonds is 24. The molecule has 0 radical (unpaired) electrons. The van der Waals surface area contributed by atoms with Crippen LogP contribution >= 0.6 is 0 Å². The summed E-state index contributed by atoms with van der Waals surface area (Å²) in [7, 11) is 6.44. The van der Waals surface area contributed by atoms with Gasteiger partial charge in [-0.05, 0) is 6.42 Å². The maximum atomic E-state index is 12.1. The predicted octanol–water partition coefficient (Wildman–Crippen LogP) is 5.76. The van der Waals surface area contributed by atoms with E-state index in [1.807, 2.05) is 0 Å². The van der Waals surface area contributed by atoms with Gasteiger partial charge in [0.1, 0.15) is 0 Å². The monoisotopic (exact) mass is 580 g/mol. The van der Waals surface area contributed by atoms with E-state index in [0.29, 0.717) is 6.42 Å². The topological polar surface area (TPSA) is 29.1 Å². The van der Waals surface area contributed by atoms with E-state index in [1.54, 1.807) is 0 Å². The first-order valence-corrected chi connectivity index (χ1v) is 14.5. The van der Waals surface area contributed by atoms with E-state index in [2.05, 4.69) is 40.3 Å². The molecule has 33 heavy (non-hydrogen) atoms. The summed E-state index contributed by atoms with van der Waals surface area (Å²) in [5.41, 5.74) is 0. The third kappa shape index (κ3) is 25.1. The zero-order valence-electron chi connectivity index (χ0n) is 23.4. The number of halogens is 1. The first-order valence-electron chi connectivity index (χ1n) is 14.5. The number of quaternary nitrogens is 1. The van der Waals surface area contributed by atoms with E-state index in [1.165, 1.54) is 122 Å². The van der Waals surface area contributed by atoms with E-state index in [9.17, 15) is 4.79 Å². The van der Waals surface area contributed by atoms with Crippen LogP contribution in [0.5, 0.6) is 0 Å². The fourth-order valence-electron chi connectivity index (χ4n) is 4.64. The van der Waals surface area contributed by atoms with Gasteiger partial charge in [-0.25, -0.2) is 0 Å². The van der Waals surface area contributed by atoms with Crippen LogP contribution in [0.2, 0.25) is 0 Å². The second-order valence-electron chi connectivity index (χ2n) is 11.1. The summed E-state index contributed by atoms with van der Waals surface area (Å²) in [6.07, 6.45) is 29.8. The molecule has 0 saturated carbocycles. The Labute approximate surface area is 226 Å². The summed E-state index contributed by atoms with van der Waals surface area (Å²) >= 11 is 0. The van der Waals surface area contributed by atoms with Gasteiger partial charge < -0.3 is 33.8 Å². The Kier molecular flexibility index (Phi) is 27.0. The van der Waals surface area contributed by atoms with Crippen LogP contribution in [-0.4, -0.2) is 37.7 Å². The van der Waals surface area contributed by atoms with Crippen molar-refractivity contribution in [2.75, 3.05) is 21.1 Å². The lowest BCUT2D eigenvalue weighted by Crippen LogP contribution is -3.00. The average molecular weight is 581 g/mol. The molecule has 0 aromatic heterocycles. The van der Waals surface area contributed by atoms with E-state index in [-0.39, 0.29) is 36.0 Å². The Bertz CT molecular complexity index is 409. The van der Waals surface area contributed by atoms with Crippen molar-refractivity contribution >= 4 is 5.91 Å². The number of nitrogens with one attached hydrogen (secondary N) is 1. The van der Waals surface area contributed by atoms with Gasteiger partial charge in [0.05, 0.1) is 21.1 Å². The molecule has 0 aliphatic heterocycles. The maximum absolute atomic E-state index is 12.1. The van der Waals surface area contributed by atoms with E-state index in [0.717, 1.165) is 17.3 Å². The molecule has 0 heterocycles. The molecule has 0 aromatic carbocycles. The summed E-state index contributed by atoms with van der Waals surface area (Å²) in [6, 6.07) is 0. The fourth-order valence-corrected chi connectivity index (χ4v) is 4.64. The second-order valence-corrected chi connectivity index (χ2v) is 11.1. The van der Waals surface area contributed by atoms with Gasteiger partial charge in [-0.1, -0.05) is 136 Å². The molecule has 1 amide bonds. The summed E-state index contributed by atoms with van der Waals surface area (Å²) < 4.78 is 0.793. The van der Waals surface area contributed by atoms with Crippen molar-refractivity contribution in [3.05, 3.63) is 0 Å². The zero-order valence-corrected chi connectivity index (χ0v) is 25.5. The highest BCUT2D eigenvalue weighted by molar-refractivity contribution is 5.75. The van der Waals surface area contributed by atoms with Gasteiger partial charge in [0.15, 0.2) is 6.17 Å². The molecule has 0 bridgehead atoms. The van der Waals surface area contributed by atoms with Crippen molar-refractivity contribution in [3.8, 4) is 0 Å². The standard InChI is InChI=1S/C29H60N2O.HI/c1-6-8-9-10-11-12-13-14-15-16-17-18-19-20-21-22-23-24-25-26-27-29(32)30-28(7-2)31(3,4)5;/h28H,6-27H2,1-5H3;1H. The lowest BCUT2D eigenvalue weighted by Gasteiger charge is -2.33. The van der Waals surface area contributed by atoms with Crippen molar-refractivity contribution < 1.29 is 33.3 Å². The van der Waals surface area contributed by atoms with Crippen LogP contribution in [0.3, 0.4) is 0 Å². The van der Waals surface area contributed by atoms with E-state index < -0.39 is 0 Å². The molecule has 200 valence electrons. The van der Waals surface area contributed by atoms with E-state index >= 15 is 0 Å². The highest BCUT2D eigenvalue weighted by atomic mass is 127. The van der Waals surface area contributed by atoms with Crippen molar-refractivity contribution in [1.82, 2.24) is 5.32 Å². The summed E-state index contributed by atoms with van der Waals surface area (Å²) in [5, 5.41) is 3.20. The van der Waals surface area contributed by atoms with Gasteiger partial charge in [0, 0.05) is 12.8 Å². The fraction of sp³-hybridized carbons (Fsp3) is 0.966. The van der Waals surface area contributed by atoms with Crippen LogP contribution in [0.1, 0.15) is 155 Å². The molecule has 1 N–H and O–H groups in total. The molecule has 3 nitrogen and oxygen atoms in total. The van der Waals surface area contributed by atoms with Crippen LogP contribution in [0.15, 0.2) is 0 Å². The molecule has 1 unspecified atom stereocenters. The minimum atomic E-state index is 0. The third-order valence-corrected chi connectivity index (χ3v) is 6.91. The SMILES string of the molecule is CCCCCCCCCCCCCCCCCCCCCCC(=O)NC(CC)[N+](C)(C)C.[I-]. The molecule has 0 rings (SSSR count). The molecule has 1 atom stereocenters. The zero-order chi connectivity index (χ0) is 23.9. The summed E-state index contributed by atoms with van der Waals surface area (Å²) in [4.78, 5) is 12.1. The lowest BCUT2D eigenvalue weighted by atomic mass is 10.0. The molecular weight excluding hydrogens is 519 g/mol. The number of nitrogens with zero attached hydrogens (tertiary/aromatic N) is 1. The van der Waals surface area contributed by atoms with Crippen molar-refractivity contribution in [3.63, 3.8) is 0 Å². The smallest absolute Gasteiger partial charge is 0.224 e. The second kappa shape index (κ2) is 25.3. The van der Waals surface area contributed by atoms with Crippen LogP contribution in [0.25, 0.3) is 0 Å². The molecule has 0 spiro atoms. The third-order valence-electron chi connectivity index (χ3n) is 6.91. The number of amides is 1. The molecule has 0 fully saturated rings. The Morgan fingerprint density at radius 3 is 1.15 bits per heavy atom. The summed E-state index contributed by atoms with van der Waals surface area (Å²) in [5.74, 6) is 0.229. The normalized spacial score (nSPS) is 12.4. The highest BCUT2D eigenvalue weighted by Gasteiger charge is 2.22. The minimum Gasteiger partial charge on any atom is -1.00 e. The number of carbonyl (C=O) groups is 1. The van der Waals surface area contributed by atoms with Gasteiger partial charge >= 0.3 is 0 Å². The Balaban J connectivity index is 0. The van der Waals surface area contributed by atoms with Gasteiger partial charge in [0.25, 0.3) is 0 Å². The number of unbranched alkanes of at least 4 members (excludes halogenated alkanes) is 19. The van der Waals surface area contributed by atoms with Gasteiger partial charge in [-0.2, -0.15) is 0 Å².